The van der Waals surface area contributed by atoms with E-state index in [1.165, 1.54) is 18.4 Å². The van der Waals surface area contributed by atoms with E-state index in [4.69, 9.17) is 4.74 Å². The van der Waals surface area contributed by atoms with Gasteiger partial charge in [-0.1, -0.05) is 24.6 Å². The summed E-state index contributed by atoms with van der Waals surface area (Å²) in [6.07, 6.45) is 9.58. The smallest absolute Gasteiger partial charge is 0.0704 e. The number of hydrogen-bond donors (Lipinski definition) is 0. The standard InChI is InChI=1S/C16H28N2O/c1-6-16(4,10-9-14(2)3)13-17-18-11-7-8-15(18)12-19-5/h6,9,13,15H,1,7-8,10-12H2,2-5H3/b17-13+/t15-,16+/m0/s1. The predicted octanol–water partition coefficient (Wildman–Crippen LogP) is 3.63. The fraction of sp³-hybridized carbons (Fsp3) is 0.688. The number of hydrazone groups is 1. The molecule has 0 aromatic carbocycles. The molecule has 1 heterocycles. The molecule has 0 spiro atoms. The maximum absolute atomic E-state index is 5.25. The van der Waals surface area contributed by atoms with Crippen LogP contribution in [0.2, 0.25) is 0 Å². The Labute approximate surface area is 118 Å². The number of methoxy groups -OCH3 is 1. The van der Waals surface area contributed by atoms with E-state index < -0.39 is 0 Å². The lowest BCUT2D eigenvalue weighted by atomic mass is 9.88. The SMILES string of the molecule is C=C[C@@](C)(/C=N/N1CCC[C@H]1COC)CC=C(C)C. The van der Waals surface area contributed by atoms with Crippen molar-refractivity contribution in [3.8, 4) is 0 Å². The zero-order chi connectivity index (χ0) is 14.3. The molecule has 0 unspecified atom stereocenters. The van der Waals surface area contributed by atoms with Crippen LogP contribution in [0.1, 0.15) is 40.0 Å². The molecule has 1 saturated heterocycles. The fourth-order valence-corrected chi connectivity index (χ4v) is 2.15. The van der Waals surface area contributed by atoms with Gasteiger partial charge >= 0.3 is 0 Å². The molecular weight excluding hydrogens is 236 g/mol. The van der Waals surface area contributed by atoms with Gasteiger partial charge in [0.05, 0.1) is 12.6 Å². The average molecular weight is 264 g/mol. The highest BCUT2D eigenvalue weighted by Gasteiger charge is 2.24. The summed E-state index contributed by atoms with van der Waals surface area (Å²) < 4.78 is 5.25. The summed E-state index contributed by atoms with van der Waals surface area (Å²) in [6.45, 7) is 12.1. The number of hydrogen-bond acceptors (Lipinski definition) is 3. The lowest BCUT2D eigenvalue weighted by Gasteiger charge is -2.24. The Morgan fingerprint density at radius 3 is 2.84 bits per heavy atom. The first-order chi connectivity index (χ1) is 9.00. The van der Waals surface area contributed by atoms with Crippen molar-refractivity contribution in [3.05, 3.63) is 24.3 Å². The van der Waals surface area contributed by atoms with E-state index in [0.29, 0.717) is 6.04 Å². The Hall–Kier alpha value is -1.09. The van der Waals surface area contributed by atoms with Gasteiger partial charge in [-0.3, -0.25) is 5.01 Å². The normalized spacial score (nSPS) is 22.5. The second kappa shape index (κ2) is 7.49. The van der Waals surface area contributed by atoms with Crippen LogP contribution in [0.25, 0.3) is 0 Å². The van der Waals surface area contributed by atoms with Gasteiger partial charge < -0.3 is 4.74 Å². The summed E-state index contributed by atoms with van der Waals surface area (Å²) in [7, 11) is 1.75. The van der Waals surface area contributed by atoms with Crippen LogP contribution in [0.4, 0.5) is 0 Å². The van der Waals surface area contributed by atoms with Gasteiger partial charge in [-0.25, -0.2) is 0 Å². The van der Waals surface area contributed by atoms with E-state index in [0.717, 1.165) is 19.6 Å². The molecule has 1 fully saturated rings. The molecule has 0 aromatic heterocycles. The molecule has 0 aliphatic carbocycles. The minimum atomic E-state index is -0.0719. The van der Waals surface area contributed by atoms with Crippen LogP contribution in [0.3, 0.4) is 0 Å². The van der Waals surface area contributed by atoms with E-state index >= 15 is 0 Å². The van der Waals surface area contributed by atoms with Crippen LogP contribution in [0.5, 0.6) is 0 Å². The van der Waals surface area contributed by atoms with Crippen molar-refractivity contribution in [2.24, 2.45) is 10.5 Å². The summed E-state index contributed by atoms with van der Waals surface area (Å²) >= 11 is 0. The molecule has 108 valence electrons. The van der Waals surface area contributed by atoms with Crippen molar-refractivity contribution in [1.29, 1.82) is 0 Å². The monoisotopic (exact) mass is 264 g/mol. The summed E-state index contributed by atoms with van der Waals surface area (Å²) in [5.74, 6) is 0. The zero-order valence-corrected chi connectivity index (χ0v) is 12.9. The summed E-state index contributed by atoms with van der Waals surface area (Å²) in [4.78, 5) is 0. The topological polar surface area (TPSA) is 24.8 Å². The van der Waals surface area contributed by atoms with Crippen molar-refractivity contribution in [2.45, 2.75) is 46.1 Å². The molecule has 1 aliphatic rings. The molecule has 19 heavy (non-hydrogen) atoms. The van der Waals surface area contributed by atoms with Gasteiger partial charge in [0.25, 0.3) is 0 Å². The first-order valence-corrected chi connectivity index (χ1v) is 7.08. The van der Waals surface area contributed by atoms with Crippen LogP contribution in [0, 0.1) is 5.41 Å². The van der Waals surface area contributed by atoms with Gasteiger partial charge in [0, 0.05) is 25.3 Å². The molecule has 3 nitrogen and oxygen atoms in total. The second-order valence-electron chi connectivity index (χ2n) is 5.85. The van der Waals surface area contributed by atoms with E-state index in [-0.39, 0.29) is 5.41 Å². The van der Waals surface area contributed by atoms with Crippen LogP contribution in [-0.2, 0) is 4.74 Å². The maximum Gasteiger partial charge on any atom is 0.0704 e. The lowest BCUT2D eigenvalue weighted by Crippen LogP contribution is -2.29. The Balaban J connectivity index is 2.65. The Bertz CT molecular complexity index is 345. The van der Waals surface area contributed by atoms with E-state index in [2.05, 4.69) is 43.5 Å². The highest BCUT2D eigenvalue weighted by atomic mass is 16.5. The van der Waals surface area contributed by atoms with Crippen LogP contribution in [0.15, 0.2) is 29.4 Å². The third-order valence-electron chi connectivity index (χ3n) is 3.62. The minimum absolute atomic E-state index is 0.0719. The van der Waals surface area contributed by atoms with Gasteiger partial charge in [-0.05, 0) is 33.1 Å². The number of nitrogens with zero attached hydrogens (tertiary/aromatic N) is 2. The Morgan fingerprint density at radius 1 is 1.53 bits per heavy atom. The second-order valence-corrected chi connectivity index (χ2v) is 5.85. The number of allylic oxidation sites excluding steroid dienone is 3. The lowest BCUT2D eigenvalue weighted by molar-refractivity contribution is 0.118. The molecule has 3 heteroatoms. The number of ether oxygens (including phenoxy) is 1. The van der Waals surface area contributed by atoms with Crippen molar-refractivity contribution < 1.29 is 4.74 Å². The minimum Gasteiger partial charge on any atom is -0.382 e. The van der Waals surface area contributed by atoms with Crippen molar-refractivity contribution in [1.82, 2.24) is 5.01 Å². The Kier molecular flexibility index (Phi) is 6.29. The molecule has 1 aliphatic heterocycles. The first kappa shape index (κ1) is 16.0. The third kappa shape index (κ3) is 5.19. The largest absolute Gasteiger partial charge is 0.382 e. The quantitative estimate of drug-likeness (QED) is 0.518. The predicted molar refractivity (Wildman–Crippen MR) is 82.4 cm³/mol. The molecular formula is C16H28N2O. The molecule has 2 atom stereocenters. The highest BCUT2D eigenvalue weighted by Crippen LogP contribution is 2.24. The molecule has 0 N–H and O–H groups in total. The number of rotatable bonds is 7. The van der Waals surface area contributed by atoms with Crippen LogP contribution < -0.4 is 0 Å². The Morgan fingerprint density at radius 2 is 2.26 bits per heavy atom. The summed E-state index contributed by atoms with van der Waals surface area (Å²) in [5.41, 5.74) is 1.26. The van der Waals surface area contributed by atoms with Gasteiger partial charge in [-0.15, -0.1) is 6.58 Å². The fourth-order valence-electron chi connectivity index (χ4n) is 2.15. The third-order valence-corrected chi connectivity index (χ3v) is 3.62. The van der Waals surface area contributed by atoms with Gasteiger partial charge in [0.2, 0.25) is 0 Å². The maximum atomic E-state index is 5.25. The molecule has 0 aromatic rings. The summed E-state index contributed by atoms with van der Waals surface area (Å²) in [5, 5.41) is 6.83. The molecule has 0 bridgehead atoms. The molecule has 1 rings (SSSR count). The van der Waals surface area contributed by atoms with Crippen molar-refractivity contribution in [3.63, 3.8) is 0 Å². The van der Waals surface area contributed by atoms with Crippen molar-refractivity contribution >= 4 is 6.21 Å². The van der Waals surface area contributed by atoms with E-state index in [1.807, 2.05) is 12.3 Å². The van der Waals surface area contributed by atoms with Gasteiger partial charge in [0.15, 0.2) is 0 Å². The van der Waals surface area contributed by atoms with Crippen LogP contribution >= 0.6 is 0 Å². The van der Waals surface area contributed by atoms with Gasteiger partial charge in [0.1, 0.15) is 0 Å². The van der Waals surface area contributed by atoms with E-state index in [1.54, 1.807) is 7.11 Å². The summed E-state index contributed by atoms with van der Waals surface area (Å²) in [6, 6.07) is 0.429. The van der Waals surface area contributed by atoms with Crippen LogP contribution in [-0.4, -0.2) is 37.5 Å². The van der Waals surface area contributed by atoms with Gasteiger partial charge in [-0.2, -0.15) is 5.10 Å². The molecule has 0 saturated carbocycles. The highest BCUT2D eigenvalue weighted by molar-refractivity contribution is 5.68. The van der Waals surface area contributed by atoms with Crippen molar-refractivity contribution in [2.75, 3.05) is 20.3 Å². The average Bonchev–Trinajstić information content (AvgIpc) is 2.82. The zero-order valence-electron chi connectivity index (χ0n) is 12.9. The molecule has 0 radical (unpaired) electrons. The van der Waals surface area contributed by atoms with E-state index in [9.17, 15) is 0 Å². The first-order valence-electron chi connectivity index (χ1n) is 7.08. The molecule has 0 amide bonds.